The topological polar surface area (TPSA) is 118 Å². The van der Waals surface area contributed by atoms with E-state index in [2.05, 4.69) is 15.2 Å². The summed E-state index contributed by atoms with van der Waals surface area (Å²) in [4.78, 5) is 29.6. The summed E-state index contributed by atoms with van der Waals surface area (Å²) in [7, 11) is 0. The van der Waals surface area contributed by atoms with Crippen molar-refractivity contribution in [2.24, 2.45) is 11.3 Å². The number of carbonyl (C=O) groups is 2. The van der Waals surface area contributed by atoms with Crippen LogP contribution in [0.2, 0.25) is 0 Å². The monoisotopic (exact) mass is 644 g/mol. The van der Waals surface area contributed by atoms with E-state index in [0.717, 1.165) is 43.6 Å². The second-order valence-electron chi connectivity index (χ2n) is 12.3. The first-order valence-corrected chi connectivity index (χ1v) is 14.9. The van der Waals surface area contributed by atoms with E-state index < -0.39 is 41.1 Å². The third-order valence-electron chi connectivity index (χ3n) is 8.37. The number of carbonyl (C=O) groups excluding carboxylic acids is 1. The molecule has 0 spiro atoms. The third kappa shape index (κ3) is 6.33. The molecule has 2 saturated carbocycles. The molecule has 2 aromatic heterocycles. The summed E-state index contributed by atoms with van der Waals surface area (Å²) in [6.07, 6.45) is -6.47. The molecule has 1 amide bonds. The molecule has 44 heavy (non-hydrogen) atoms. The number of aromatic nitrogens is 3. The quantitative estimate of drug-likeness (QED) is 0.226. The van der Waals surface area contributed by atoms with Crippen LogP contribution in [0.15, 0.2) is 22.6 Å². The number of hydrogen-bond acceptors (Lipinski definition) is 7. The summed E-state index contributed by atoms with van der Waals surface area (Å²) >= 11 is 1.05. The molecule has 0 aliphatic heterocycles. The van der Waals surface area contributed by atoms with Gasteiger partial charge in [0, 0.05) is 12.0 Å². The zero-order valence-electron chi connectivity index (χ0n) is 24.0. The number of alkyl halides is 6. The van der Waals surface area contributed by atoms with Gasteiger partial charge >= 0.3 is 18.3 Å². The van der Waals surface area contributed by atoms with Crippen LogP contribution >= 0.6 is 11.3 Å². The first-order chi connectivity index (χ1) is 20.4. The van der Waals surface area contributed by atoms with Crippen molar-refractivity contribution < 1.29 is 45.5 Å². The van der Waals surface area contributed by atoms with Crippen LogP contribution in [0, 0.1) is 11.3 Å². The molecule has 15 heteroatoms. The maximum absolute atomic E-state index is 14.2. The Labute approximate surface area is 252 Å². The molecule has 8 nitrogen and oxygen atoms in total. The number of thiazole rings is 1. The van der Waals surface area contributed by atoms with E-state index in [1.54, 1.807) is 0 Å². The number of carboxylic acid groups (broad SMARTS) is 1. The molecular weight excluding hydrogens is 614 g/mol. The Kier molecular flexibility index (Phi) is 8.08. The minimum absolute atomic E-state index is 0.00521. The highest BCUT2D eigenvalue weighted by atomic mass is 32.1. The lowest BCUT2D eigenvalue weighted by Crippen LogP contribution is -2.43. The number of carboxylic acids is 1. The summed E-state index contributed by atoms with van der Waals surface area (Å²) in [5.41, 5.74) is -3.17. The average molecular weight is 645 g/mol. The van der Waals surface area contributed by atoms with Crippen molar-refractivity contribution in [2.45, 2.75) is 89.5 Å². The predicted molar refractivity (Wildman–Crippen MR) is 147 cm³/mol. The maximum Gasteiger partial charge on any atom is 0.408 e. The van der Waals surface area contributed by atoms with Crippen LogP contribution in [0.3, 0.4) is 0 Å². The van der Waals surface area contributed by atoms with Gasteiger partial charge in [0.05, 0.1) is 21.4 Å². The first kappa shape index (κ1) is 31.9. The fourth-order valence-electron chi connectivity index (χ4n) is 5.03. The number of amides is 1. The average Bonchev–Trinajstić information content (AvgIpc) is 3.44. The van der Waals surface area contributed by atoms with Gasteiger partial charge in [-0.05, 0) is 75.3 Å². The number of benzene rings is 1. The van der Waals surface area contributed by atoms with Crippen LogP contribution in [-0.4, -0.2) is 50.6 Å². The van der Waals surface area contributed by atoms with Gasteiger partial charge < -0.3 is 14.8 Å². The minimum Gasteiger partial charge on any atom is -0.481 e. The number of nitrogens with zero attached hydrogens (tertiary/aromatic N) is 3. The molecule has 2 aliphatic carbocycles. The Balaban J connectivity index is 1.58. The van der Waals surface area contributed by atoms with Gasteiger partial charge in [0.1, 0.15) is 6.04 Å². The maximum atomic E-state index is 14.2. The van der Waals surface area contributed by atoms with Crippen LogP contribution in [0.1, 0.15) is 80.4 Å². The Morgan fingerprint density at radius 2 is 1.80 bits per heavy atom. The molecule has 0 bridgehead atoms. The molecule has 5 rings (SSSR count). The van der Waals surface area contributed by atoms with Crippen LogP contribution < -0.4 is 5.32 Å². The Bertz CT molecular complexity index is 1570. The van der Waals surface area contributed by atoms with E-state index in [0.29, 0.717) is 17.0 Å². The van der Waals surface area contributed by atoms with Gasteiger partial charge in [0.25, 0.3) is 11.8 Å². The van der Waals surface area contributed by atoms with Crippen LogP contribution in [0.5, 0.6) is 0 Å². The van der Waals surface area contributed by atoms with Gasteiger partial charge in [-0.25, -0.2) is 4.98 Å². The number of nitrogens with one attached hydrogen (secondary N) is 1. The number of halogens is 6. The van der Waals surface area contributed by atoms with Crippen LogP contribution in [0.4, 0.5) is 26.3 Å². The highest BCUT2D eigenvalue weighted by Crippen LogP contribution is 2.59. The fourth-order valence-corrected chi connectivity index (χ4v) is 6.03. The van der Waals surface area contributed by atoms with E-state index in [1.165, 1.54) is 26.0 Å². The predicted octanol–water partition coefficient (Wildman–Crippen LogP) is 7.13. The van der Waals surface area contributed by atoms with Gasteiger partial charge in [-0.3, -0.25) is 9.59 Å². The van der Waals surface area contributed by atoms with Crippen molar-refractivity contribution in [2.75, 3.05) is 0 Å². The third-order valence-corrected chi connectivity index (χ3v) is 9.50. The Hall–Kier alpha value is -3.49. The first-order valence-electron chi connectivity index (χ1n) is 14.1. The van der Waals surface area contributed by atoms with Gasteiger partial charge in [0.15, 0.2) is 5.01 Å². The lowest BCUT2D eigenvalue weighted by atomic mass is 9.81. The normalized spacial score (nSPS) is 17.7. The molecule has 1 atom stereocenters. The standard InChI is InChI=1S/C29H30F6N4O4S/c1-14(28(30,31)32)36-22(40)17-10-16(11-18(12-17)27(7-8-27)29(33,34)35)21-19(9-15-5-4-6-15)37-24(44-21)23-39-38-20(43-23)13-26(2,3)25(41)42/h10-12,14-15H,4-9,13H2,1-3H3,(H,36,40)(H,41,42)/t14-/m0/s1. The van der Waals surface area contributed by atoms with Gasteiger partial charge in [-0.1, -0.05) is 19.3 Å². The summed E-state index contributed by atoms with van der Waals surface area (Å²) in [6.45, 7) is 3.76. The van der Waals surface area contributed by atoms with Crippen LogP contribution in [-0.2, 0) is 23.1 Å². The van der Waals surface area contributed by atoms with Crippen molar-refractivity contribution in [3.63, 3.8) is 0 Å². The minimum atomic E-state index is -4.75. The Morgan fingerprint density at radius 1 is 1.11 bits per heavy atom. The smallest absolute Gasteiger partial charge is 0.408 e. The van der Waals surface area contributed by atoms with Crippen molar-refractivity contribution in [3.05, 3.63) is 40.9 Å². The molecule has 0 saturated heterocycles. The van der Waals surface area contributed by atoms with E-state index in [4.69, 9.17) is 4.42 Å². The molecule has 2 heterocycles. The summed E-state index contributed by atoms with van der Waals surface area (Å²) in [5, 5.41) is 19.5. The van der Waals surface area contributed by atoms with Gasteiger partial charge in [-0.2, -0.15) is 26.3 Å². The summed E-state index contributed by atoms with van der Waals surface area (Å²) in [6, 6.07) is 1.41. The van der Waals surface area contributed by atoms with Crippen molar-refractivity contribution in [3.8, 4) is 21.3 Å². The molecule has 1 aromatic carbocycles. The molecule has 3 aromatic rings. The molecule has 238 valence electrons. The van der Waals surface area contributed by atoms with Crippen molar-refractivity contribution >= 4 is 23.2 Å². The second kappa shape index (κ2) is 11.1. The summed E-state index contributed by atoms with van der Waals surface area (Å²) < 4.78 is 87.9. The van der Waals surface area contributed by atoms with Crippen molar-refractivity contribution in [1.82, 2.24) is 20.5 Å². The van der Waals surface area contributed by atoms with Gasteiger partial charge in [-0.15, -0.1) is 21.5 Å². The SMILES string of the molecule is C[C@H](NC(=O)c1cc(-c2sc(-c3nnc(CC(C)(C)C(=O)O)o3)nc2CC2CCC2)cc(C2(C(F)(F)F)CC2)c1)C(F)(F)F. The van der Waals surface area contributed by atoms with Crippen LogP contribution in [0.25, 0.3) is 21.3 Å². The number of hydrogen-bond donors (Lipinski definition) is 2. The molecule has 2 aliphatic rings. The Morgan fingerprint density at radius 3 is 2.34 bits per heavy atom. The zero-order chi connectivity index (χ0) is 32.2. The lowest BCUT2D eigenvalue weighted by molar-refractivity contribution is -0.160. The van der Waals surface area contributed by atoms with E-state index in [1.807, 2.05) is 5.32 Å². The zero-order valence-corrected chi connectivity index (χ0v) is 24.8. The fraction of sp³-hybridized carbons (Fsp3) is 0.552. The second-order valence-corrected chi connectivity index (χ2v) is 13.3. The van der Waals surface area contributed by atoms with E-state index in [-0.39, 0.29) is 58.7 Å². The molecular formula is C29H30F6N4O4S. The largest absolute Gasteiger partial charge is 0.481 e. The molecule has 2 N–H and O–H groups in total. The van der Waals surface area contributed by atoms with Crippen molar-refractivity contribution in [1.29, 1.82) is 0 Å². The number of rotatable bonds is 10. The van der Waals surface area contributed by atoms with E-state index in [9.17, 15) is 41.0 Å². The molecule has 0 radical (unpaired) electrons. The lowest BCUT2D eigenvalue weighted by Gasteiger charge is -2.25. The molecule has 0 unspecified atom stereocenters. The highest BCUT2D eigenvalue weighted by Gasteiger charge is 2.64. The van der Waals surface area contributed by atoms with E-state index >= 15 is 0 Å². The highest BCUT2D eigenvalue weighted by molar-refractivity contribution is 7.18. The summed E-state index contributed by atoms with van der Waals surface area (Å²) in [5.74, 6) is -1.88. The molecule has 2 fully saturated rings. The number of aliphatic carboxylic acids is 1. The van der Waals surface area contributed by atoms with Gasteiger partial charge in [0.2, 0.25) is 5.89 Å².